The van der Waals surface area contributed by atoms with E-state index in [4.69, 9.17) is 4.74 Å². The highest BCUT2D eigenvalue weighted by atomic mass is 16.5. The Labute approximate surface area is 126 Å². The van der Waals surface area contributed by atoms with Crippen molar-refractivity contribution in [3.63, 3.8) is 0 Å². The molecular formula is C16H26N2O3. The smallest absolute Gasteiger partial charge is 0.323 e. The highest BCUT2D eigenvalue weighted by Gasteiger charge is 2.30. The van der Waals surface area contributed by atoms with Crippen LogP contribution in [0, 0.1) is 0 Å². The zero-order chi connectivity index (χ0) is 15.9. The van der Waals surface area contributed by atoms with Gasteiger partial charge in [-0.25, -0.2) is 0 Å². The van der Waals surface area contributed by atoms with Crippen LogP contribution in [0.2, 0.25) is 0 Å². The van der Waals surface area contributed by atoms with Crippen molar-refractivity contribution >= 4 is 11.7 Å². The number of para-hydroxylation sites is 2. The summed E-state index contributed by atoms with van der Waals surface area (Å²) in [5.41, 5.74) is 0.206. The van der Waals surface area contributed by atoms with Crippen LogP contribution in [0.5, 0.6) is 5.75 Å². The second-order valence-corrected chi connectivity index (χ2v) is 5.44. The molecular weight excluding hydrogens is 268 g/mol. The van der Waals surface area contributed by atoms with Gasteiger partial charge in [-0.1, -0.05) is 12.1 Å². The molecule has 0 spiro atoms. The van der Waals surface area contributed by atoms with E-state index in [1.807, 2.05) is 31.3 Å². The lowest BCUT2D eigenvalue weighted by atomic mass is 9.95. The summed E-state index contributed by atoms with van der Waals surface area (Å²) in [7, 11) is 5.37. The number of rotatable bonds is 9. The number of hydrogen-bond donors (Lipinski definition) is 2. The second-order valence-electron chi connectivity index (χ2n) is 5.44. The number of methoxy groups -OCH3 is 1. The van der Waals surface area contributed by atoms with E-state index in [2.05, 4.69) is 10.2 Å². The van der Waals surface area contributed by atoms with Crippen LogP contribution in [0.15, 0.2) is 24.3 Å². The zero-order valence-electron chi connectivity index (χ0n) is 13.3. The summed E-state index contributed by atoms with van der Waals surface area (Å²) in [6, 6.07) is 7.89. The number of nitrogens with one attached hydrogen (secondary N) is 1. The number of benzene rings is 1. The molecule has 5 nitrogen and oxygen atoms in total. The minimum atomic E-state index is -0.844. The molecule has 0 aliphatic heterocycles. The summed E-state index contributed by atoms with van der Waals surface area (Å²) in [5, 5.41) is 12.1. The number of anilines is 1. The van der Waals surface area contributed by atoms with Crippen LogP contribution >= 0.6 is 0 Å². The van der Waals surface area contributed by atoms with Gasteiger partial charge in [0.05, 0.1) is 12.8 Å². The van der Waals surface area contributed by atoms with Gasteiger partial charge in [-0.15, -0.1) is 0 Å². The lowest BCUT2D eigenvalue weighted by Gasteiger charge is -2.25. The molecule has 21 heavy (non-hydrogen) atoms. The van der Waals surface area contributed by atoms with Gasteiger partial charge in [0.15, 0.2) is 0 Å². The van der Waals surface area contributed by atoms with E-state index in [-0.39, 0.29) is 0 Å². The topological polar surface area (TPSA) is 61.8 Å². The molecule has 0 aliphatic rings. The first kappa shape index (κ1) is 17.3. The Hall–Kier alpha value is -1.75. The van der Waals surface area contributed by atoms with Crippen LogP contribution in [0.4, 0.5) is 5.69 Å². The van der Waals surface area contributed by atoms with Crippen molar-refractivity contribution in [1.29, 1.82) is 0 Å². The quantitative estimate of drug-likeness (QED) is 0.685. The largest absolute Gasteiger partial charge is 0.495 e. The maximum absolute atomic E-state index is 11.2. The summed E-state index contributed by atoms with van der Waals surface area (Å²) in [6.07, 6.45) is 2.39. The minimum absolute atomic E-state index is 0.610. The van der Waals surface area contributed by atoms with Gasteiger partial charge in [0.2, 0.25) is 0 Å². The standard InChI is InChI=1S/C16H26N2O3/c1-16(17-2,15(19)20)11-7-8-12-18(3)13-9-5-6-10-14(13)21-4/h5-6,9-10,17H,7-8,11-12H2,1-4H3,(H,19,20). The first-order chi connectivity index (χ1) is 9.94. The van der Waals surface area contributed by atoms with Gasteiger partial charge in [0, 0.05) is 13.6 Å². The molecule has 0 heterocycles. The zero-order valence-corrected chi connectivity index (χ0v) is 13.3. The number of hydrogen-bond acceptors (Lipinski definition) is 4. The van der Waals surface area contributed by atoms with E-state index in [1.54, 1.807) is 21.1 Å². The predicted molar refractivity (Wildman–Crippen MR) is 85.2 cm³/mol. The normalized spacial score (nSPS) is 13.5. The molecule has 0 aliphatic carbocycles. The van der Waals surface area contributed by atoms with E-state index in [1.165, 1.54) is 0 Å². The molecule has 0 fully saturated rings. The number of carboxylic acid groups (broad SMARTS) is 1. The molecule has 1 rings (SSSR count). The lowest BCUT2D eigenvalue weighted by molar-refractivity contribution is -0.144. The molecule has 1 unspecified atom stereocenters. The average molecular weight is 294 g/mol. The van der Waals surface area contributed by atoms with Gasteiger partial charge in [-0.05, 0) is 45.4 Å². The van der Waals surface area contributed by atoms with Crippen LogP contribution in [0.1, 0.15) is 26.2 Å². The molecule has 0 aromatic heterocycles. The number of ether oxygens (including phenoxy) is 1. The van der Waals surface area contributed by atoms with Gasteiger partial charge in [-0.2, -0.15) is 0 Å². The van der Waals surface area contributed by atoms with Gasteiger partial charge < -0.3 is 20.1 Å². The molecule has 2 N–H and O–H groups in total. The fourth-order valence-corrected chi connectivity index (χ4v) is 2.23. The molecule has 0 saturated heterocycles. The number of carboxylic acids is 1. The monoisotopic (exact) mass is 294 g/mol. The van der Waals surface area contributed by atoms with Crippen LogP contribution in [-0.4, -0.2) is 44.4 Å². The summed E-state index contributed by atoms with van der Waals surface area (Å²) < 4.78 is 5.35. The first-order valence-electron chi connectivity index (χ1n) is 7.21. The Morgan fingerprint density at radius 1 is 1.38 bits per heavy atom. The second kappa shape index (κ2) is 7.88. The summed E-state index contributed by atoms with van der Waals surface area (Å²) in [5.74, 6) is 0.0497. The maximum atomic E-state index is 11.2. The van der Waals surface area contributed by atoms with Gasteiger partial charge in [-0.3, -0.25) is 4.79 Å². The number of aliphatic carboxylic acids is 1. The van der Waals surface area contributed by atoms with Gasteiger partial charge in [0.1, 0.15) is 11.3 Å². The Balaban J connectivity index is 2.47. The predicted octanol–water partition coefficient (Wildman–Crippen LogP) is 2.36. The summed E-state index contributed by atoms with van der Waals surface area (Å²) in [6.45, 7) is 2.58. The third kappa shape index (κ3) is 4.63. The Kier molecular flexibility index (Phi) is 6.49. The maximum Gasteiger partial charge on any atom is 0.323 e. The van der Waals surface area contributed by atoms with Crippen LogP contribution in [-0.2, 0) is 4.79 Å². The van der Waals surface area contributed by atoms with Crippen molar-refractivity contribution in [2.24, 2.45) is 0 Å². The molecule has 1 atom stereocenters. The Morgan fingerprint density at radius 2 is 2.05 bits per heavy atom. The first-order valence-corrected chi connectivity index (χ1v) is 7.21. The number of nitrogens with zero attached hydrogens (tertiary/aromatic N) is 1. The van der Waals surface area contributed by atoms with Gasteiger partial charge in [0.25, 0.3) is 0 Å². The average Bonchev–Trinajstić information content (AvgIpc) is 2.50. The van der Waals surface area contributed by atoms with E-state index < -0.39 is 11.5 Å². The van der Waals surface area contributed by atoms with Crippen LogP contribution < -0.4 is 15.0 Å². The summed E-state index contributed by atoms with van der Waals surface area (Å²) >= 11 is 0. The number of likely N-dealkylation sites (N-methyl/N-ethyl adjacent to an activating group) is 1. The van der Waals surface area contributed by atoms with E-state index in [0.717, 1.165) is 30.8 Å². The lowest BCUT2D eigenvalue weighted by Crippen LogP contribution is -2.47. The molecule has 0 radical (unpaired) electrons. The minimum Gasteiger partial charge on any atom is -0.495 e. The molecule has 1 aromatic rings. The van der Waals surface area contributed by atoms with Crippen LogP contribution in [0.25, 0.3) is 0 Å². The van der Waals surface area contributed by atoms with Crippen molar-refractivity contribution in [3.8, 4) is 5.75 Å². The molecule has 118 valence electrons. The van der Waals surface area contributed by atoms with Crippen molar-refractivity contribution in [2.75, 3.05) is 32.6 Å². The fourth-order valence-electron chi connectivity index (χ4n) is 2.23. The molecule has 1 aromatic carbocycles. The van der Waals surface area contributed by atoms with Crippen LogP contribution in [0.3, 0.4) is 0 Å². The highest BCUT2D eigenvalue weighted by Crippen LogP contribution is 2.26. The number of carbonyl (C=O) groups is 1. The Morgan fingerprint density at radius 3 is 2.62 bits per heavy atom. The van der Waals surface area contributed by atoms with E-state index in [9.17, 15) is 9.90 Å². The molecule has 5 heteroatoms. The molecule has 0 saturated carbocycles. The van der Waals surface area contributed by atoms with E-state index in [0.29, 0.717) is 6.42 Å². The Bertz CT molecular complexity index is 465. The SMILES string of the molecule is CNC(C)(CCCCN(C)c1ccccc1OC)C(=O)O. The molecule has 0 bridgehead atoms. The highest BCUT2D eigenvalue weighted by molar-refractivity contribution is 5.78. The third-order valence-electron chi connectivity index (χ3n) is 3.94. The fraction of sp³-hybridized carbons (Fsp3) is 0.562. The van der Waals surface area contributed by atoms with E-state index >= 15 is 0 Å². The number of unbranched alkanes of at least 4 members (excludes halogenated alkanes) is 1. The van der Waals surface area contributed by atoms with Gasteiger partial charge >= 0.3 is 5.97 Å². The summed E-state index contributed by atoms with van der Waals surface area (Å²) in [4.78, 5) is 13.3. The molecule has 0 amide bonds. The van der Waals surface area contributed by atoms with Crippen molar-refractivity contribution in [1.82, 2.24) is 5.32 Å². The van der Waals surface area contributed by atoms with Crippen molar-refractivity contribution < 1.29 is 14.6 Å². The third-order valence-corrected chi connectivity index (χ3v) is 3.94. The van der Waals surface area contributed by atoms with Crippen molar-refractivity contribution in [2.45, 2.75) is 31.7 Å². The van der Waals surface area contributed by atoms with Crippen molar-refractivity contribution in [3.05, 3.63) is 24.3 Å².